The van der Waals surface area contributed by atoms with E-state index in [2.05, 4.69) is 25.9 Å². The van der Waals surface area contributed by atoms with Crippen LogP contribution in [0.3, 0.4) is 0 Å². The van der Waals surface area contributed by atoms with E-state index in [9.17, 15) is 0 Å². The Labute approximate surface area is 125 Å². The lowest BCUT2D eigenvalue weighted by Gasteiger charge is -2.09. The van der Waals surface area contributed by atoms with Gasteiger partial charge < -0.3 is 4.74 Å². The maximum atomic E-state index is 5.68. The van der Waals surface area contributed by atoms with Crippen molar-refractivity contribution in [2.24, 2.45) is 0 Å². The van der Waals surface area contributed by atoms with Gasteiger partial charge in [0.1, 0.15) is 16.0 Å². The number of fused-ring (bicyclic) bond motifs is 1. The van der Waals surface area contributed by atoms with Crippen molar-refractivity contribution in [3.8, 4) is 17.1 Å². The summed E-state index contributed by atoms with van der Waals surface area (Å²) in [6, 6.07) is 9.70. The second-order valence-electron chi connectivity index (χ2n) is 4.75. The minimum atomic E-state index is 0.152. The number of halogens is 1. The molecule has 0 saturated heterocycles. The zero-order valence-electron chi connectivity index (χ0n) is 11.2. The van der Waals surface area contributed by atoms with Crippen molar-refractivity contribution in [1.29, 1.82) is 0 Å². The number of nitrogens with zero attached hydrogens (tertiary/aromatic N) is 3. The monoisotopic (exact) mass is 331 g/mol. The molecule has 3 aromatic heterocycles. The van der Waals surface area contributed by atoms with Crippen LogP contribution in [0.1, 0.15) is 13.8 Å². The number of imidazole rings is 1. The van der Waals surface area contributed by atoms with Crippen LogP contribution in [0.25, 0.3) is 17.0 Å². The predicted molar refractivity (Wildman–Crippen MR) is 81.9 cm³/mol. The van der Waals surface area contributed by atoms with Crippen molar-refractivity contribution in [1.82, 2.24) is 14.4 Å². The third-order valence-electron chi connectivity index (χ3n) is 2.83. The van der Waals surface area contributed by atoms with Gasteiger partial charge in [-0.1, -0.05) is 6.07 Å². The third kappa shape index (κ3) is 2.54. The standard InChI is InChI=1S/C15H14BrN3O/c1-10(2)20-11-6-7-19-13(9-17-15(19)8-11)12-4-3-5-14(16)18-12/h3-10H,1-2H3. The third-order valence-corrected chi connectivity index (χ3v) is 3.28. The lowest BCUT2D eigenvalue weighted by molar-refractivity contribution is 0.242. The van der Waals surface area contributed by atoms with Crippen LogP contribution in [0.5, 0.6) is 5.75 Å². The van der Waals surface area contributed by atoms with Crippen molar-refractivity contribution >= 4 is 21.6 Å². The van der Waals surface area contributed by atoms with Gasteiger partial charge in [-0.3, -0.25) is 4.40 Å². The number of aromatic nitrogens is 3. The van der Waals surface area contributed by atoms with E-state index in [0.717, 1.165) is 27.4 Å². The summed E-state index contributed by atoms with van der Waals surface area (Å²) in [6.07, 6.45) is 3.93. The summed E-state index contributed by atoms with van der Waals surface area (Å²) in [4.78, 5) is 8.88. The molecule has 3 rings (SSSR count). The fourth-order valence-electron chi connectivity index (χ4n) is 2.05. The van der Waals surface area contributed by atoms with Crippen molar-refractivity contribution in [3.63, 3.8) is 0 Å². The van der Waals surface area contributed by atoms with E-state index < -0.39 is 0 Å². The summed E-state index contributed by atoms with van der Waals surface area (Å²) in [7, 11) is 0. The molecule has 20 heavy (non-hydrogen) atoms. The number of rotatable bonds is 3. The molecule has 0 amide bonds. The zero-order chi connectivity index (χ0) is 14.1. The molecule has 5 heteroatoms. The molecule has 0 atom stereocenters. The quantitative estimate of drug-likeness (QED) is 0.682. The highest BCUT2D eigenvalue weighted by molar-refractivity contribution is 9.10. The lowest BCUT2D eigenvalue weighted by atomic mass is 10.3. The van der Waals surface area contributed by atoms with Crippen LogP contribution < -0.4 is 4.74 Å². The molecule has 3 heterocycles. The summed E-state index contributed by atoms with van der Waals surface area (Å²) in [5, 5.41) is 0. The molecule has 0 bridgehead atoms. The maximum absolute atomic E-state index is 5.68. The Balaban J connectivity index is 2.06. The van der Waals surface area contributed by atoms with E-state index in [1.165, 1.54) is 0 Å². The molecule has 3 aromatic rings. The van der Waals surface area contributed by atoms with Crippen molar-refractivity contribution in [2.45, 2.75) is 20.0 Å². The van der Waals surface area contributed by atoms with Crippen molar-refractivity contribution < 1.29 is 4.74 Å². The predicted octanol–water partition coefficient (Wildman–Crippen LogP) is 3.95. The first kappa shape index (κ1) is 13.1. The molecule has 0 N–H and O–H groups in total. The van der Waals surface area contributed by atoms with Gasteiger partial charge in [-0.15, -0.1) is 0 Å². The average Bonchev–Trinajstić information content (AvgIpc) is 2.81. The maximum Gasteiger partial charge on any atom is 0.140 e. The molecular weight excluding hydrogens is 318 g/mol. The van der Waals surface area contributed by atoms with E-state index >= 15 is 0 Å². The highest BCUT2D eigenvalue weighted by atomic mass is 79.9. The Hall–Kier alpha value is -1.88. The van der Waals surface area contributed by atoms with Crippen molar-refractivity contribution in [3.05, 3.63) is 47.3 Å². The summed E-state index contributed by atoms with van der Waals surface area (Å²) in [5.41, 5.74) is 2.68. The highest BCUT2D eigenvalue weighted by Gasteiger charge is 2.08. The van der Waals surface area contributed by atoms with Crippen LogP contribution >= 0.6 is 15.9 Å². The second kappa shape index (κ2) is 5.25. The van der Waals surface area contributed by atoms with Crippen LogP contribution in [-0.4, -0.2) is 20.5 Å². The first-order chi connectivity index (χ1) is 9.63. The van der Waals surface area contributed by atoms with E-state index in [4.69, 9.17) is 4.74 Å². The molecule has 102 valence electrons. The van der Waals surface area contributed by atoms with E-state index in [1.54, 1.807) is 0 Å². The fourth-order valence-corrected chi connectivity index (χ4v) is 2.39. The molecule has 0 aliphatic carbocycles. The van der Waals surface area contributed by atoms with Crippen LogP contribution in [0.4, 0.5) is 0 Å². The van der Waals surface area contributed by atoms with Crippen molar-refractivity contribution in [2.75, 3.05) is 0 Å². The number of hydrogen-bond acceptors (Lipinski definition) is 3. The fraction of sp³-hybridized carbons (Fsp3) is 0.200. The molecule has 0 spiro atoms. The molecule has 0 aliphatic rings. The Morgan fingerprint density at radius 3 is 2.85 bits per heavy atom. The van der Waals surface area contributed by atoms with Crippen LogP contribution in [0.15, 0.2) is 47.3 Å². The summed E-state index contributed by atoms with van der Waals surface area (Å²) in [6.45, 7) is 4.01. The van der Waals surface area contributed by atoms with E-state index in [-0.39, 0.29) is 6.10 Å². The van der Waals surface area contributed by atoms with E-state index in [1.807, 2.05) is 61.0 Å². The Morgan fingerprint density at radius 2 is 2.10 bits per heavy atom. The molecule has 0 aliphatic heterocycles. The summed E-state index contributed by atoms with van der Waals surface area (Å²) in [5.74, 6) is 0.826. The largest absolute Gasteiger partial charge is 0.491 e. The molecule has 0 radical (unpaired) electrons. The number of ether oxygens (including phenoxy) is 1. The number of pyridine rings is 2. The smallest absolute Gasteiger partial charge is 0.140 e. The normalized spacial score (nSPS) is 11.2. The van der Waals surface area contributed by atoms with Crippen LogP contribution in [-0.2, 0) is 0 Å². The topological polar surface area (TPSA) is 39.4 Å². The van der Waals surface area contributed by atoms with Gasteiger partial charge in [0.2, 0.25) is 0 Å². The minimum Gasteiger partial charge on any atom is -0.491 e. The summed E-state index contributed by atoms with van der Waals surface area (Å²) < 4.78 is 8.49. The average molecular weight is 332 g/mol. The van der Waals surface area contributed by atoms with Gasteiger partial charge >= 0.3 is 0 Å². The Kier molecular flexibility index (Phi) is 3.44. The summed E-state index contributed by atoms with van der Waals surface area (Å²) >= 11 is 3.39. The molecule has 0 saturated carbocycles. The Bertz CT molecular complexity index is 752. The second-order valence-corrected chi connectivity index (χ2v) is 5.56. The van der Waals surface area contributed by atoms with Crippen LogP contribution in [0.2, 0.25) is 0 Å². The van der Waals surface area contributed by atoms with Gasteiger partial charge in [-0.25, -0.2) is 9.97 Å². The first-order valence-electron chi connectivity index (χ1n) is 6.40. The number of hydrogen-bond donors (Lipinski definition) is 0. The molecule has 0 aromatic carbocycles. The van der Waals surface area contributed by atoms with E-state index in [0.29, 0.717) is 0 Å². The van der Waals surface area contributed by atoms with Crippen LogP contribution in [0, 0.1) is 0 Å². The Morgan fingerprint density at radius 1 is 1.25 bits per heavy atom. The first-order valence-corrected chi connectivity index (χ1v) is 7.19. The van der Waals surface area contributed by atoms with Gasteiger partial charge in [-0.2, -0.15) is 0 Å². The molecule has 0 fully saturated rings. The molecule has 4 nitrogen and oxygen atoms in total. The SMILES string of the molecule is CC(C)Oc1ccn2c(-c3cccc(Br)n3)cnc2c1. The van der Waals surface area contributed by atoms with Gasteiger partial charge in [0.05, 0.1) is 23.7 Å². The lowest BCUT2D eigenvalue weighted by Crippen LogP contribution is -2.05. The highest BCUT2D eigenvalue weighted by Crippen LogP contribution is 2.23. The van der Waals surface area contributed by atoms with Gasteiger partial charge in [-0.05, 0) is 48.0 Å². The molecular formula is C15H14BrN3O. The molecule has 0 unspecified atom stereocenters. The van der Waals surface area contributed by atoms with Gasteiger partial charge in [0.15, 0.2) is 0 Å². The van der Waals surface area contributed by atoms with Gasteiger partial charge in [0.25, 0.3) is 0 Å². The minimum absolute atomic E-state index is 0.152. The van der Waals surface area contributed by atoms with Gasteiger partial charge in [0, 0.05) is 12.3 Å². The zero-order valence-corrected chi connectivity index (χ0v) is 12.8.